The van der Waals surface area contributed by atoms with Crippen LogP contribution in [-0.2, 0) is 4.74 Å². The SMILES string of the molecule is COCC1(C(F)(F)F)CCCCC1. The van der Waals surface area contributed by atoms with Crippen molar-refractivity contribution < 1.29 is 17.9 Å². The van der Waals surface area contributed by atoms with Crippen molar-refractivity contribution in [3.8, 4) is 0 Å². The molecule has 13 heavy (non-hydrogen) atoms. The summed E-state index contributed by atoms with van der Waals surface area (Å²) in [6.07, 6.45) is -1.40. The smallest absolute Gasteiger partial charge is 0.384 e. The van der Waals surface area contributed by atoms with E-state index in [-0.39, 0.29) is 19.4 Å². The fraction of sp³-hybridized carbons (Fsp3) is 1.00. The van der Waals surface area contributed by atoms with E-state index in [1.165, 1.54) is 7.11 Å². The molecule has 0 N–H and O–H groups in total. The highest BCUT2D eigenvalue weighted by Gasteiger charge is 2.54. The molecule has 0 aliphatic heterocycles. The molecule has 0 spiro atoms. The number of halogens is 3. The van der Waals surface area contributed by atoms with Gasteiger partial charge in [-0.2, -0.15) is 13.2 Å². The van der Waals surface area contributed by atoms with Crippen LogP contribution >= 0.6 is 0 Å². The molecule has 1 aliphatic rings. The number of methoxy groups -OCH3 is 1. The van der Waals surface area contributed by atoms with E-state index < -0.39 is 11.6 Å². The average Bonchev–Trinajstić information content (AvgIpc) is 2.04. The van der Waals surface area contributed by atoms with E-state index in [0.29, 0.717) is 12.8 Å². The Hall–Kier alpha value is -0.250. The van der Waals surface area contributed by atoms with Crippen LogP contribution in [-0.4, -0.2) is 19.9 Å². The Kier molecular flexibility index (Phi) is 3.22. The Morgan fingerprint density at radius 3 is 2.08 bits per heavy atom. The molecular formula is C9H15F3O. The van der Waals surface area contributed by atoms with Crippen LogP contribution in [0, 0.1) is 5.41 Å². The van der Waals surface area contributed by atoms with Crippen molar-refractivity contribution in [2.24, 2.45) is 5.41 Å². The minimum Gasteiger partial charge on any atom is -0.384 e. The summed E-state index contributed by atoms with van der Waals surface area (Å²) in [5.74, 6) is 0. The molecule has 0 heterocycles. The van der Waals surface area contributed by atoms with Crippen LogP contribution in [0.15, 0.2) is 0 Å². The molecule has 0 radical (unpaired) electrons. The van der Waals surface area contributed by atoms with Gasteiger partial charge in [-0.05, 0) is 12.8 Å². The molecule has 0 bridgehead atoms. The second-order valence-electron chi connectivity index (χ2n) is 3.77. The molecule has 0 aromatic heterocycles. The molecule has 0 atom stereocenters. The van der Waals surface area contributed by atoms with Crippen LogP contribution in [0.3, 0.4) is 0 Å². The van der Waals surface area contributed by atoms with Gasteiger partial charge >= 0.3 is 6.18 Å². The predicted molar refractivity (Wildman–Crippen MR) is 43.4 cm³/mol. The third kappa shape index (κ3) is 2.16. The fourth-order valence-corrected chi connectivity index (χ4v) is 2.01. The van der Waals surface area contributed by atoms with E-state index in [9.17, 15) is 13.2 Å². The zero-order chi connectivity index (χ0) is 9.95. The first-order valence-corrected chi connectivity index (χ1v) is 4.57. The molecule has 1 aliphatic carbocycles. The number of hydrogen-bond acceptors (Lipinski definition) is 1. The zero-order valence-electron chi connectivity index (χ0n) is 7.78. The molecular weight excluding hydrogens is 181 g/mol. The standard InChI is InChI=1S/C9H15F3O/c1-13-7-8(9(10,11)12)5-3-2-4-6-8/h2-7H2,1H3. The van der Waals surface area contributed by atoms with E-state index >= 15 is 0 Å². The Labute approximate surface area is 76.3 Å². The number of alkyl halides is 3. The van der Waals surface area contributed by atoms with E-state index in [4.69, 9.17) is 4.74 Å². The van der Waals surface area contributed by atoms with Gasteiger partial charge in [-0.1, -0.05) is 19.3 Å². The average molecular weight is 196 g/mol. The molecule has 0 aromatic carbocycles. The number of rotatable bonds is 2. The van der Waals surface area contributed by atoms with Crippen LogP contribution in [0.1, 0.15) is 32.1 Å². The van der Waals surface area contributed by atoms with Gasteiger partial charge in [-0.3, -0.25) is 0 Å². The molecule has 4 heteroatoms. The van der Waals surface area contributed by atoms with Gasteiger partial charge in [0.15, 0.2) is 0 Å². The fourth-order valence-electron chi connectivity index (χ4n) is 2.01. The van der Waals surface area contributed by atoms with Gasteiger partial charge in [0.1, 0.15) is 0 Å². The summed E-state index contributed by atoms with van der Waals surface area (Å²) >= 11 is 0. The normalized spacial score (nSPS) is 23.1. The Balaban J connectivity index is 2.73. The van der Waals surface area contributed by atoms with Crippen LogP contribution < -0.4 is 0 Å². The minimum absolute atomic E-state index is 0.184. The number of hydrogen-bond donors (Lipinski definition) is 0. The van der Waals surface area contributed by atoms with Crippen molar-refractivity contribution in [3.05, 3.63) is 0 Å². The molecule has 78 valence electrons. The molecule has 1 rings (SSSR count). The zero-order valence-corrected chi connectivity index (χ0v) is 7.78. The number of ether oxygens (including phenoxy) is 1. The highest BCUT2D eigenvalue weighted by molar-refractivity contribution is 4.89. The van der Waals surface area contributed by atoms with E-state index in [1.807, 2.05) is 0 Å². The van der Waals surface area contributed by atoms with Crippen LogP contribution in [0.5, 0.6) is 0 Å². The molecule has 0 amide bonds. The van der Waals surface area contributed by atoms with Gasteiger partial charge in [0.2, 0.25) is 0 Å². The molecule has 0 unspecified atom stereocenters. The molecule has 1 fully saturated rings. The van der Waals surface area contributed by atoms with Crippen molar-refractivity contribution >= 4 is 0 Å². The van der Waals surface area contributed by atoms with Gasteiger partial charge in [0.05, 0.1) is 12.0 Å². The second-order valence-corrected chi connectivity index (χ2v) is 3.77. The maximum atomic E-state index is 12.7. The summed E-state index contributed by atoms with van der Waals surface area (Å²) in [7, 11) is 1.34. The topological polar surface area (TPSA) is 9.23 Å². The van der Waals surface area contributed by atoms with Crippen LogP contribution in [0.2, 0.25) is 0 Å². The van der Waals surface area contributed by atoms with Crippen LogP contribution in [0.25, 0.3) is 0 Å². The second kappa shape index (κ2) is 3.86. The van der Waals surface area contributed by atoms with E-state index in [1.54, 1.807) is 0 Å². The lowest BCUT2D eigenvalue weighted by Gasteiger charge is -2.38. The van der Waals surface area contributed by atoms with Gasteiger partial charge in [0, 0.05) is 7.11 Å². The first kappa shape index (κ1) is 10.8. The van der Waals surface area contributed by atoms with Gasteiger partial charge in [-0.25, -0.2) is 0 Å². The maximum Gasteiger partial charge on any atom is 0.396 e. The summed E-state index contributed by atoms with van der Waals surface area (Å²) in [5, 5.41) is 0. The summed E-state index contributed by atoms with van der Waals surface area (Å²) in [4.78, 5) is 0. The van der Waals surface area contributed by atoms with Gasteiger partial charge < -0.3 is 4.74 Å². The molecule has 0 saturated heterocycles. The van der Waals surface area contributed by atoms with E-state index in [0.717, 1.165) is 6.42 Å². The lowest BCUT2D eigenvalue weighted by molar-refractivity contribution is -0.248. The van der Waals surface area contributed by atoms with Crippen molar-refractivity contribution in [1.82, 2.24) is 0 Å². The quantitative estimate of drug-likeness (QED) is 0.659. The van der Waals surface area contributed by atoms with Crippen molar-refractivity contribution in [1.29, 1.82) is 0 Å². The third-order valence-electron chi connectivity index (χ3n) is 2.83. The monoisotopic (exact) mass is 196 g/mol. The third-order valence-corrected chi connectivity index (χ3v) is 2.83. The first-order chi connectivity index (χ1) is 6.02. The summed E-state index contributed by atoms with van der Waals surface area (Å²) in [6, 6.07) is 0. The lowest BCUT2D eigenvalue weighted by Crippen LogP contribution is -2.43. The first-order valence-electron chi connectivity index (χ1n) is 4.57. The highest BCUT2D eigenvalue weighted by atomic mass is 19.4. The molecule has 1 saturated carbocycles. The lowest BCUT2D eigenvalue weighted by atomic mass is 9.74. The van der Waals surface area contributed by atoms with Crippen LogP contribution in [0.4, 0.5) is 13.2 Å². The van der Waals surface area contributed by atoms with Gasteiger partial charge in [-0.15, -0.1) is 0 Å². The van der Waals surface area contributed by atoms with Gasteiger partial charge in [0.25, 0.3) is 0 Å². The predicted octanol–water partition coefficient (Wildman–Crippen LogP) is 3.15. The highest BCUT2D eigenvalue weighted by Crippen LogP contribution is 2.48. The Morgan fingerprint density at radius 1 is 1.15 bits per heavy atom. The largest absolute Gasteiger partial charge is 0.396 e. The Bertz CT molecular complexity index is 153. The summed E-state index contributed by atoms with van der Waals surface area (Å²) < 4.78 is 42.8. The van der Waals surface area contributed by atoms with Crippen molar-refractivity contribution in [3.63, 3.8) is 0 Å². The molecule has 0 aromatic rings. The van der Waals surface area contributed by atoms with Crippen molar-refractivity contribution in [2.45, 2.75) is 38.3 Å². The Morgan fingerprint density at radius 2 is 1.69 bits per heavy atom. The molecule has 1 nitrogen and oxygen atoms in total. The maximum absolute atomic E-state index is 12.7. The van der Waals surface area contributed by atoms with Crippen molar-refractivity contribution in [2.75, 3.05) is 13.7 Å². The summed E-state index contributed by atoms with van der Waals surface area (Å²) in [6.45, 7) is -0.184. The summed E-state index contributed by atoms with van der Waals surface area (Å²) in [5.41, 5.74) is -1.56. The minimum atomic E-state index is -4.11. The van der Waals surface area contributed by atoms with E-state index in [2.05, 4.69) is 0 Å².